The molecule has 10 heavy (non-hydrogen) atoms. The topological polar surface area (TPSA) is 80.9 Å². The Hall–Kier alpha value is -1.46. The van der Waals surface area contributed by atoms with Gasteiger partial charge in [-0.15, -0.1) is 5.10 Å². The number of carbonyl (C=O) groups is 1. The molecule has 54 valence electrons. The minimum Gasteiger partial charge on any atom is -0.480 e. The van der Waals surface area contributed by atoms with Gasteiger partial charge >= 0.3 is 5.97 Å². The average Bonchev–Trinajstić information content (AvgIpc) is 2.15. The first kappa shape index (κ1) is 6.66. The Labute approximate surface area is 56.5 Å². The fourth-order valence-corrected chi connectivity index (χ4v) is 0.524. The van der Waals surface area contributed by atoms with Crippen molar-refractivity contribution in [1.29, 1.82) is 0 Å². The van der Waals surface area contributed by atoms with Crippen LogP contribution in [0.25, 0.3) is 0 Å². The standard InChI is InChI=1S/C4H6N4O2/c1-3-5-6-7-8(3)2-4(9)10/h2H2,1H3,(H,9,10). The number of tetrazole rings is 1. The normalized spacial score (nSPS) is 9.70. The van der Waals surface area contributed by atoms with Crippen LogP contribution in [0, 0.1) is 6.92 Å². The predicted molar refractivity (Wildman–Crippen MR) is 30.2 cm³/mol. The highest BCUT2D eigenvalue weighted by Gasteiger charge is 2.03. The molecule has 6 nitrogen and oxygen atoms in total. The molecule has 1 rings (SSSR count). The number of aliphatic carboxylic acids is 1. The molecule has 0 bridgehead atoms. The number of hydrogen-bond acceptors (Lipinski definition) is 4. The van der Waals surface area contributed by atoms with Crippen LogP contribution in [0.4, 0.5) is 0 Å². The van der Waals surface area contributed by atoms with Gasteiger partial charge in [0.25, 0.3) is 0 Å². The van der Waals surface area contributed by atoms with Crippen molar-refractivity contribution in [2.45, 2.75) is 13.5 Å². The lowest BCUT2D eigenvalue weighted by molar-refractivity contribution is -0.137. The van der Waals surface area contributed by atoms with E-state index < -0.39 is 5.97 Å². The second-order valence-corrected chi connectivity index (χ2v) is 1.78. The van der Waals surface area contributed by atoms with Crippen LogP contribution in [-0.2, 0) is 11.3 Å². The van der Waals surface area contributed by atoms with Crippen LogP contribution in [0.3, 0.4) is 0 Å². The van der Waals surface area contributed by atoms with Gasteiger partial charge in [0.1, 0.15) is 12.4 Å². The molecule has 0 aromatic carbocycles. The molecule has 1 N–H and O–H groups in total. The summed E-state index contributed by atoms with van der Waals surface area (Å²) in [5.41, 5.74) is 0. The highest BCUT2D eigenvalue weighted by molar-refractivity contribution is 5.66. The Morgan fingerprint density at radius 1 is 1.80 bits per heavy atom. The Kier molecular flexibility index (Phi) is 1.61. The summed E-state index contributed by atoms with van der Waals surface area (Å²) in [6.07, 6.45) is 0. The Bertz CT molecular complexity index is 243. The van der Waals surface area contributed by atoms with E-state index in [1.165, 1.54) is 4.68 Å². The van der Waals surface area contributed by atoms with Crippen LogP contribution in [-0.4, -0.2) is 31.3 Å². The average molecular weight is 142 g/mol. The predicted octanol–water partition coefficient (Wildman–Crippen LogP) is -0.934. The van der Waals surface area contributed by atoms with E-state index in [1.54, 1.807) is 6.92 Å². The molecule has 0 aliphatic carbocycles. The first-order valence-electron chi connectivity index (χ1n) is 2.64. The third-order valence-corrected chi connectivity index (χ3v) is 0.996. The van der Waals surface area contributed by atoms with Crippen LogP contribution >= 0.6 is 0 Å². The zero-order valence-electron chi connectivity index (χ0n) is 5.35. The minimum atomic E-state index is -0.949. The van der Waals surface area contributed by atoms with Crippen molar-refractivity contribution < 1.29 is 9.90 Å². The van der Waals surface area contributed by atoms with Gasteiger partial charge in [-0.1, -0.05) is 0 Å². The van der Waals surface area contributed by atoms with Gasteiger partial charge < -0.3 is 5.11 Å². The maximum Gasteiger partial charge on any atom is 0.325 e. The van der Waals surface area contributed by atoms with Gasteiger partial charge in [0, 0.05) is 0 Å². The molecule has 6 heteroatoms. The highest BCUT2D eigenvalue weighted by atomic mass is 16.4. The molecule has 0 fully saturated rings. The van der Waals surface area contributed by atoms with E-state index in [0.29, 0.717) is 5.82 Å². The summed E-state index contributed by atoms with van der Waals surface area (Å²) in [4.78, 5) is 10.1. The molecule has 0 aliphatic heterocycles. The maximum absolute atomic E-state index is 10.1. The Balaban J connectivity index is 2.74. The molecule has 0 spiro atoms. The summed E-state index contributed by atoms with van der Waals surface area (Å²) >= 11 is 0. The summed E-state index contributed by atoms with van der Waals surface area (Å²) < 4.78 is 1.21. The van der Waals surface area contributed by atoms with Crippen LogP contribution in [0.15, 0.2) is 0 Å². The molecule has 1 aromatic rings. The molecule has 0 saturated heterocycles. The van der Waals surface area contributed by atoms with E-state index >= 15 is 0 Å². The SMILES string of the molecule is Cc1nnnn1CC(=O)O. The van der Waals surface area contributed by atoms with Gasteiger partial charge in [0.05, 0.1) is 0 Å². The molecule has 0 unspecified atom stereocenters. The van der Waals surface area contributed by atoms with Crippen molar-refractivity contribution in [2.75, 3.05) is 0 Å². The lowest BCUT2D eigenvalue weighted by Gasteiger charge is -1.93. The lowest BCUT2D eigenvalue weighted by atomic mass is 10.6. The number of carboxylic acid groups (broad SMARTS) is 1. The summed E-state index contributed by atoms with van der Waals surface area (Å²) in [6, 6.07) is 0. The van der Waals surface area contributed by atoms with Crippen LogP contribution in [0.5, 0.6) is 0 Å². The van der Waals surface area contributed by atoms with Crippen molar-refractivity contribution in [3.8, 4) is 0 Å². The fraction of sp³-hybridized carbons (Fsp3) is 0.500. The van der Waals surface area contributed by atoms with Gasteiger partial charge in [-0.3, -0.25) is 4.79 Å². The summed E-state index contributed by atoms with van der Waals surface area (Å²) in [5, 5.41) is 18.5. The van der Waals surface area contributed by atoms with Crippen molar-refractivity contribution in [2.24, 2.45) is 0 Å². The molecular formula is C4H6N4O2. The Morgan fingerprint density at radius 3 is 2.90 bits per heavy atom. The molecule has 0 saturated carbocycles. The maximum atomic E-state index is 10.1. The number of rotatable bonds is 2. The number of hydrogen-bond donors (Lipinski definition) is 1. The molecule has 0 atom stereocenters. The molecular weight excluding hydrogens is 136 g/mol. The van der Waals surface area contributed by atoms with Crippen LogP contribution < -0.4 is 0 Å². The highest BCUT2D eigenvalue weighted by Crippen LogP contribution is 1.86. The van der Waals surface area contributed by atoms with Gasteiger partial charge in [-0.2, -0.15) is 0 Å². The van der Waals surface area contributed by atoms with Crippen molar-refractivity contribution in [1.82, 2.24) is 20.2 Å². The molecule has 0 radical (unpaired) electrons. The smallest absolute Gasteiger partial charge is 0.325 e. The van der Waals surface area contributed by atoms with E-state index in [2.05, 4.69) is 15.5 Å². The first-order valence-corrected chi connectivity index (χ1v) is 2.64. The second-order valence-electron chi connectivity index (χ2n) is 1.78. The van der Waals surface area contributed by atoms with E-state index in [1.807, 2.05) is 0 Å². The quantitative estimate of drug-likeness (QED) is 0.576. The summed E-state index contributed by atoms with van der Waals surface area (Å²) in [7, 11) is 0. The summed E-state index contributed by atoms with van der Waals surface area (Å²) in [5.74, 6) is -0.446. The van der Waals surface area contributed by atoms with Crippen molar-refractivity contribution >= 4 is 5.97 Å². The fourth-order valence-electron chi connectivity index (χ4n) is 0.524. The van der Waals surface area contributed by atoms with Gasteiger partial charge in [0.2, 0.25) is 0 Å². The van der Waals surface area contributed by atoms with Crippen molar-refractivity contribution in [3.63, 3.8) is 0 Å². The van der Waals surface area contributed by atoms with E-state index in [9.17, 15) is 4.79 Å². The Morgan fingerprint density at radius 2 is 2.50 bits per heavy atom. The number of nitrogens with zero attached hydrogens (tertiary/aromatic N) is 4. The zero-order valence-corrected chi connectivity index (χ0v) is 5.35. The largest absolute Gasteiger partial charge is 0.480 e. The monoisotopic (exact) mass is 142 g/mol. The third kappa shape index (κ3) is 1.28. The second kappa shape index (κ2) is 2.42. The molecule has 0 amide bonds. The van der Waals surface area contributed by atoms with Gasteiger partial charge in [-0.05, 0) is 17.4 Å². The number of aryl methyl sites for hydroxylation is 1. The molecule has 1 heterocycles. The van der Waals surface area contributed by atoms with E-state index in [0.717, 1.165) is 0 Å². The minimum absolute atomic E-state index is 0.182. The summed E-state index contributed by atoms with van der Waals surface area (Å²) in [6.45, 7) is 1.46. The first-order chi connectivity index (χ1) is 4.70. The van der Waals surface area contributed by atoms with Crippen molar-refractivity contribution in [3.05, 3.63) is 5.82 Å². The van der Waals surface area contributed by atoms with E-state index in [-0.39, 0.29) is 6.54 Å². The molecule has 0 aliphatic rings. The number of carboxylic acids is 1. The zero-order chi connectivity index (χ0) is 7.56. The third-order valence-electron chi connectivity index (χ3n) is 0.996. The lowest BCUT2D eigenvalue weighted by Crippen LogP contribution is -2.11. The molecule has 1 aromatic heterocycles. The van der Waals surface area contributed by atoms with E-state index in [4.69, 9.17) is 5.11 Å². The van der Waals surface area contributed by atoms with Gasteiger partial charge in [0.15, 0.2) is 0 Å². The van der Waals surface area contributed by atoms with Crippen LogP contribution in [0.2, 0.25) is 0 Å². The number of aromatic nitrogens is 4. The van der Waals surface area contributed by atoms with Gasteiger partial charge in [-0.25, -0.2) is 4.68 Å². The van der Waals surface area contributed by atoms with Crippen LogP contribution in [0.1, 0.15) is 5.82 Å².